The molecule has 0 spiro atoms. The highest BCUT2D eigenvalue weighted by Crippen LogP contribution is 2.36. The number of fused-ring (bicyclic) bond motifs is 1. The number of alkyl halides is 1. The van der Waals surface area contributed by atoms with Crippen LogP contribution in [0.2, 0.25) is 0 Å². The van der Waals surface area contributed by atoms with Crippen LogP contribution in [-0.4, -0.2) is 95.5 Å². The van der Waals surface area contributed by atoms with Gasteiger partial charge in [0.1, 0.15) is 18.4 Å². The lowest BCUT2D eigenvalue weighted by Gasteiger charge is -2.34. The average Bonchev–Trinajstić information content (AvgIpc) is 3.57. The molecule has 1 unspecified atom stereocenters. The number of piperazine rings is 1. The molecule has 2 N–H and O–H groups in total. The summed E-state index contributed by atoms with van der Waals surface area (Å²) in [5.41, 5.74) is 7.23. The molecule has 11 nitrogen and oxygen atoms in total. The number of anilines is 1. The molecule has 3 aliphatic rings. The van der Waals surface area contributed by atoms with Crippen molar-refractivity contribution in [3.8, 4) is 5.75 Å². The zero-order chi connectivity index (χ0) is 39.7. The molecule has 4 aromatic rings. The summed E-state index contributed by atoms with van der Waals surface area (Å²) in [6, 6.07) is 33.3. The molecule has 0 aromatic heterocycles. The minimum absolute atomic E-state index is 0.00303. The molecule has 2 saturated heterocycles. The minimum Gasteiger partial charge on any atom is -0.492 e. The molecule has 57 heavy (non-hydrogen) atoms. The number of halogens is 1. The Morgan fingerprint density at radius 2 is 1.46 bits per heavy atom. The number of amides is 5. The van der Waals surface area contributed by atoms with E-state index in [2.05, 4.69) is 76.2 Å². The average molecular weight is 788 g/mol. The van der Waals surface area contributed by atoms with Crippen LogP contribution in [0, 0.1) is 0 Å². The lowest BCUT2D eigenvalue weighted by atomic mass is 9.88. The number of hydrogen-bond acceptors (Lipinski definition) is 7. The summed E-state index contributed by atoms with van der Waals surface area (Å²) in [7, 11) is 0. The number of carbonyl (C=O) groups excluding carboxylic acids is 5. The van der Waals surface area contributed by atoms with E-state index in [1.54, 1.807) is 23.1 Å². The van der Waals surface area contributed by atoms with E-state index in [4.69, 9.17) is 16.3 Å². The van der Waals surface area contributed by atoms with Gasteiger partial charge in [-0.05, 0) is 64.9 Å². The number of imide groups is 1. The highest BCUT2D eigenvalue weighted by Gasteiger charge is 2.40. The first kappa shape index (κ1) is 39.5. The van der Waals surface area contributed by atoms with Crippen molar-refractivity contribution in [1.82, 2.24) is 20.0 Å². The van der Waals surface area contributed by atoms with E-state index >= 15 is 0 Å². The number of nitrogens with one attached hydrogen (secondary N) is 2. The van der Waals surface area contributed by atoms with Crippen LogP contribution in [0.1, 0.15) is 64.7 Å². The predicted octanol–water partition coefficient (Wildman–Crippen LogP) is 5.98. The van der Waals surface area contributed by atoms with Crippen molar-refractivity contribution < 1.29 is 28.7 Å². The first-order valence-corrected chi connectivity index (χ1v) is 20.0. The molecular weight excluding hydrogens is 742 g/mol. The van der Waals surface area contributed by atoms with Gasteiger partial charge in [0.15, 0.2) is 0 Å². The molecule has 2 fully saturated rings. The van der Waals surface area contributed by atoms with Crippen LogP contribution in [-0.2, 0) is 25.7 Å². The van der Waals surface area contributed by atoms with E-state index in [1.165, 1.54) is 10.5 Å². The zero-order valence-electron chi connectivity index (χ0n) is 31.8. The second-order valence-corrected chi connectivity index (χ2v) is 14.8. The van der Waals surface area contributed by atoms with Crippen molar-refractivity contribution >= 4 is 58.0 Å². The van der Waals surface area contributed by atoms with Crippen LogP contribution in [0.4, 0.5) is 5.69 Å². The Balaban J connectivity index is 0.863. The number of ether oxygens (including phenoxy) is 1. The first-order valence-electron chi connectivity index (χ1n) is 19.5. The van der Waals surface area contributed by atoms with Crippen molar-refractivity contribution in [3.05, 3.63) is 131 Å². The summed E-state index contributed by atoms with van der Waals surface area (Å²) in [4.78, 5) is 68.7. The molecule has 0 bridgehead atoms. The van der Waals surface area contributed by atoms with E-state index in [9.17, 15) is 24.0 Å². The fourth-order valence-electron chi connectivity index (χ4n) is 7.79. The van der Waals surface area contributed by atoms with E-state index in [0.29, 0.717) is 55.5 Å². The SMILES string of the molecule is O=C1CCC(N2Cc3c(NC(=O)CCC(=O)N4CCN(CCOc5ccc(C(=C(CCCl)c6ccccc6)c6ccccc6)cc5)CC4)cccc3C2=O)C(=O)N1. The van der Waals surface area contributed by atoms with Gasteiger partial charge < -0.3 is 19.9 Å². The van der Waals surface area contributed by atoms with Crippen molar-refractivity contribution in [1.29, 1.82) is 0 Å². The Morgan fingerprint density at radius 1 is 0.772 bits per heavy atom. The summed E-state index contributed by atoms with van der Waals surface area (Å²) in [6.07, 6.45) is 1.23. The number of carbonyl (C=O) groups is 5. The highest BCUT2D eigenvalue weighted by molar-refractivity contribution is 6.18. The largest absolute Gasteiger partial charge is 0.492 e. The highest BCUT2D eigenvalue weighted by atomic mass is 35.5. The van der Waals surface area contributed by atoms with E-state index in [-0.39, 0.29) is 55.9 Å². The van der Waals surface area contributed by atoms with Crippen LogP contribution < -0.4 is 15.4 Å². The van der Waals surface area contributed by atoms with Crippen molar-refractivity contribution in [2.75, 3.05) is 50.5 Å². The van der Waals surface area contributed by atoms with Gasteiger partial charge in [-0.15, -0.1) is 11.6 Å². The summed E-state index contributed by atoms with van der Waals surface area (Å²) in [5, 5.41) is 5.17. The molecule has 5 amide bonds. The van der Waals surface area contributed by atoms with Crippen molar-refractivity contribution in [2.24, 2.45) is 0 Å². The van der Waals surface area contributed by atoms with Crippen LogP contribution in [0.25, 0.3) is 11.1 Å². The van der Waals surface area contributed by atoms with Crippen molar-refractivity contribution in [3.63, 3.8) is 0 Å². The van der Waals surface area contributed by atoms with Gasteiger partial charge in [0.25, 0.3) is 5.91 Å². The van der Waals surface area contributed by atoms with Crippen LogP contribution in [0.3, 0.4) is 0 Å². The second kappa shape index (κ2) is 18.4. The summed E-state index contributed by atoms with van der Waals surface area (Å²) < 4.78 is 6.15. The maximum absolute atomic E-state index is 13.1. The van der Waals surface area contributed by atoms with Gasteiger partial charge in [-0.2, -0.15) is 0 Å². The molecule has 3 heterocycles. The molecule has 7 rings (SSSR count). The smallest absolute Gasteiger partial charge is 0.255 e. The zero-order valence-corrected chi connectivity index (χ0v) is 32.5. The molecule has 12 heteroatoms. The predicted molar refractivity (Wildman–Crippen MR) is 219 cm³/mol. The Morgan fingerprint density at radius 3 is 2.14 bits per heavy atom. The minimum atomic E-state index is -0.743. The first-order chi connectivity index (χ1) is 27.8. The summed E-state index contributed by atoms with van der Waals surface area (Å²) >= 11 is 6.31. The van der Waals surface area contributed by atoms with E-state index in [1.807, 2.05) is 24.3 Å². The standard InChI is InChI=1S/C45H46ClN5O6/c46-23-22-35(31-8-3-1-4-9-31)43(32-10-5-2-6-11-32)33-14-16-34(17-15-33)57-29-28-49-24-26-50(27-25-49)42(54)21-20-40(52)47-38-13-7-12-36-37(38)30-51(45(36)56)39-18-19-41(53)48-44(39)55/h1-17,39H,18-30H2,(H,47,52)(H,48,53,55). The monoisotopic (exact) mass is 787 g/mol. The van der Waals surface area contributed by atoms with Gasteiger partial charge in [-0.25, -0.2) is 0 Å². The topological polar surface area (TPSA) is 128 Å². The molecule has 4 aromatic carbocycles. The molecule has 294 valence electrons. The van der Waals surface area contributed by atoms with Crippen LogP contribution in [0.15, 0.2) is 103 Å². The van der Waals surface area contributed by atoms with E-state index in [0.717, 1.165) is 41.0 Å². The number of allylic oxidation sites excluding steroid dienone is 1. The van der Waals surface area contributed by atoms with E-state index < -0.39 is 11.9 Å². The van der Waals surface area contributed by atoms with Gasteiger partial charge in [0.05, 0.1) is 0 Å². The van der Waals surface area contributed by atoms with Crippen LogP contribution in [0.5, 0.6) is 5.75 Å². The Labute approximate surface area is 337 Å². The number of hydrogen-bond donors (Lipinski definition) is 2. The molecule has 0 saturated carbocycles. The summed E-state index contributed by atoms with van der Waals surface area (Å²) in [5.74, 6) is -0.259. The number of rotatable bonds is 14. The van der Waals surface area contributed by atoms with Crippen molar-refractivity contribution in [2.45, 2.75) is 44.7 Å². The molecule has 0 radical (unpaired) electrons. The summed E-state index contributed by atoms with van der Waals surface area (Å²) in [6.45, 7) is 3.94. The third kappa shape index (κ3) is 9.44. The third-order valence-electron chi connectivity index (χ3n) is 10.8. The maximum Gasteiger partial charge on any atom is 0.255 e. The van der Waals surface area contributed by atoms with Gasteiger partial charge in [0, 0.05) is 81.2 Å². The maximum atomic E-state index is 13.1. The molecule has 1 atom stereocenters. The number of benzene rings is 4. The van der Waals surface area contributed by atoms with Crippen LogP contribution >= 0.6 is 11.6 Å². The fraction of sp³-hybridized carbons (Fsp3) is 0.311. The van der Waals surface area contributed by atoms with Gasteiger partial charge >= 0.3 is 0 Å². The Bertz CT molecular complexity index is 2130. The fourth-order valence-corrected chi connectivity index (χ4v) is 7.98. The second-order valence-electron chi connectivity index (χ2n) is 14.4. The van der Waals surface area contributed by atoms with Gasteiger partial charge in [-0.3, -0.25) is 34.2 Å². The van der Waals surface area contributed by atoms with Gasteiger partial charge in [0.2, 0.25) is 23.6 Å². The lowest BCUT2D eigenvalue weighted by molar-refractivity contribution is -0.137. The number of nitrogens with zero attached hydrogens (tertiary/aromatic N) is 3. The molecule has 0 aliphatic carbocycles. The number of piperidine rings is 1. The molecule has 3 aliphatic heterocycles. The Hall–Kier alpha value is -5.78. The lowest BCUT2D eigenvalue weighted by Crippen LogP contribution is -2.52. The third-order valence-corrected chi connectivity index (χ3v) is 11.0. The quantitative estimate of drug-likeness (QED) is 0.0915. The normalized spacial score (nSPS) is 17.5. The molecular formula is C45H46ClN5O6. The van der Waals surface area contributed by atoms with Gasteiger partial charge in [-0.1, -0.05) is 78.9 Å². The Kier molecular flexibility index (Phi) is 12.8.